The molecule has 114 valence electrons. The molecule has 0 amide bonds. The van der Waals surface area contributed by atoms with Crippen LogP contribution in [0.3, 0.4) is 0 Å². The molecule has 0 spiro atoms. The van der Waals surface area contributed by atoms with E-state index in [0.29, 0.717) is 10.6 Å². The number of non-ortho nitro benzene ring substituents is 1. The summed E-state index contributed by atoms with van der Waals surface area (Å²) >= 11 is 5.77. The average molecular weight is 341 g/mol. The van der Waals surface area contributed by atoms with Crippen molar-refractivity contribution in [3.05, 3.63) is 69.2 Å². The Labute approximate surface area is 130 Å². The molecule has 0 bridgehead atoms. The van der Waals surface area contributed by atoms with Crippen molar-refractivity contribution in [2.75, 3.05) is 0 Å². The highest BCUT2D eigenvalue weighted by Crippen LogP contribution is 2.42. The van der Waals surface area contributed by atoms with Crippen molar-refractivity contribution in [3.63, 3.8) is 0 Å². The van der Waals surface area contributed by atoms with E-state index in [1.54, 1.807) is 24.3 Å². The summed E-state index contributed by atoms with van der Waals surface area (Å²) in [6.07, 6.45) is -0.711. The van der Waals surface area contributed by atoms with Gasteiger partial charge in [0.25, 0.3) is 15.7 Å². The van der Waals surface area contributed by atoms with Crippen molar-refractivity contribution in [2.24, 2.45) is 0 Å². The third kappa shape index (κ3) is 2.69. The van der Waals surface area contributed by atoms with E-state index in [0.717, 1.165) is 16.6 Å². The van der Waals surface area contributed by atoms with Crippen molar-refractivity contribution in [2.45, 2.75) is 11.1 Å². The number of nitro groups is 1. The van der Waals surface area contributed by atoms with Crippen LogP contribution in [0.4, 0.5) is 5.69 Å². The number of sulfonamides is 1. The van der Waals surface area contributed by atoms with Crippen LogP contribution in [-0.4, -0.2) is 17.8 Å². The molecule has 9 heteroatoms. The summed E-state index contributed by atoms with van der Waals surface area (Å²) in [5.41, 5.74) is 0.467. The second kappa shape index (κ2) is 5.33. The van der Waals surface area contributed by atoms with Crippen LogP contribution in [0.2, 0.25) is 5.02 Å². The zero-order valence-electron chi connectivity index (χ0n) is 10.9. The Morgan fingerprint density at radius 3 is 2.23 bits per heavy atom. The first kappa shape index (κ1) is 14.9. The summed E-state index contributed by atoms with van der Waals surface area (Å²) in [5.74, 6) is 0. The molecule has 1 aliphatic heterocycles. The maximum absolute atomic E-state index is 12.3. The summed E-state index contributed by atoms with van der Waals surface area (Å²) in [7, 11) is -3.86. The van der Waals surface area contributed by atoms with Gasteiger partial charge in [-0.3, -0.25) is 15.0 Å². The largest absolute Gasteiger partial charge is 0.269 e. The fourth-order valence-corrected chi connectivity index (χ4v) is 3.29. The predicted molar refractivity (Wildman–Crippen MR) is 77.4 cm³/mol. The maximum atomic E-state index is 12.3. The van der Waals surface area contributed by atoms with Crippen LogP contribution in [-0.2, 0) is 14.9 Å². The number of hydrogen-bond acceptors (Lipinski definition) is 5. The highest BCUT2D eigenvalue weighted by atomic mass is 35.5. The monoisotopic (exact) mass is 340 g/mol. The standard InChI is InChI=1S/C13H9ClN2O5S/c14-10-3-1-9(2-4-10)13-16(21-13)22(19,20)12-7-5-11(6-8-12)15(17)18/h1-8,13H. The Morgan fingerprint density at radius 2 is 1.68 bits per heavy atom. The van der Waals surface area contributed by atoms with Gasteiger partial charge >= 0.3 is 0 Å². The van der Waals surface area contributed by atoms with E-state index in [9.17, 15) is 18.5 Å². The normalized spacial score (nSPS) is 20.6. The summed E-state index contributed by atoms with van der Waals surface area (Å²) in [5, 5.41) is 11.1. The third-order valence-corrected chi connectivity index (χ3v) is 4.96. The Balaban J connectivity index is 1.82. The predicted octanol–water partition coefficient (Wildman–Crippen LogP) is 2.88. The highest BCUT2D eigenvalue weighted by Gasteiger charge is 2.48. The molecule has 1 aliphatic rings. The zero-order chi connectivity index (χ0) is 15.9. The molecule has 2 unspecified atom stereocenters. The van der Waals surface area contributed by atoms with E-state index in [1.807, 2.05) is 0 Å². The lowest BCUT2D eigenvalue weighted by Gasteiger charge is -2.02. The van der Waals surface area contributed by atoms with Crippen LogP contribution in [0.1, 0.15) is 11.8 Å². The zero-order valence-corrected chi connectivity index (χ0v) is 12.5. The molecule has 0 aromatic heterocycles. The third-order valence-electron chi connectivity index (χ3n) is 3.09. The van der Waals surface area contributed by atoms with Crippen LogP contribution in [0, 0.1) is 10.1 Å². The first-order valence-electron chi connectivity index (χ1n) is 6.11. The SMILES string of the molecule is O=[N+]([O-])c1ccc(S(=O)(=O)N2OC2c2ccc(Cl)cc2)cc1. The molecule has 0 N–H and O–H groups in total. The molecular formula is C13H9ClN2O5S. The molecule has 2 atom stereocenters. The van der Waals surface area contributed by atoms with Crippen molar-refractivity contribution >= 4 is 27.3 Å². The summed E-state index contributed by atoms with van der Waals surface area (Å²) in [6, 6.07) is 11.2. The smallest absolute Gasteiger partial charge is 0.258 e. The first-order valence-corrected chi connectivity index (χ1v) is 7.92. The van der Waals surface area contributed by atoms with Gasteiger partial charge in [0.1, 0.15) is 0 Å². The van der Waals surface area contributed by atoms with Crippen molar-refractivity contribution in [1.82, 2.24) is 4.47 Å². The molecule has 0 saturated carbocycles. The van der Waals surface area contributed by atoms with Crippen LogP contribution in [0.15, 0.2) is 53.4 Å². The average Bonchev–Trinajstić information content (AvgIpc) is 3.29. The fourth-order valence-electron chi connectivity index (χ4n) is 1.91. The second-order valence-electron chi connectivity index (χ2n) is 4.52. The van der Waals surface area contributed by atoms with Gasteiger partial charge in [-0.1, -0.05) is 23.7 Å². The number of nitro benzene ring substituents is 1. The van der Waals surface area contributed by atoms with Crippen LogP contribution in [0.25, 0.3) is 0 Å². The molecule has 0 aliphatic carbocycles. The molecule has 1 saturated heterocycles. The molecule has 3 rings (SSSR count). The first-order chi connectivity index (χ1) is 10.4. The van der Waals surface area contributed by atoms with Gasteiger partial charge in [0.2, 0.25) is 0 Å². The van der Waals surface area contributed by atoms with E-state index >= 15 is 0 Å². The van der Waals surface area contributed by atoms with E-state index < -0.39 is 21.2 Å². The van der Waals surface area contributed by atoms with Gasteiger partial charge in [-0.2, -0.15) is 0 Å². The summed E-state index contributed by atoms with van der Waals surface area (Å²) in [4.78, 5) is 15.0. The quantitative estimate of drug-likeness (QED) is 0.484. The molecule has 0 radical (unpaired) electrons. The number of hydrogen-bond donors (Lipinski definition) is 0. The molecule has 7 nitrogen and oxygen atoms in total. The van der Waals surface area contributed by atoms with E-state index in [4.69, 9.17) is 16.4 Å². The number of nitrogens with zero attached hydrogens (tertiary/aromatic N) is 2. The number of benzene rings is 2. The van der Waals surface area contributed by atoms with Gasteiger partial charge < -0.3 is 0 Å². The van der Waals surface area contributed by atoms with Gasteiger partial charge in [0, 0.05) is 22.7 Å². The van der Waals surface area contributed by atoms with Crippen LogP contribution >= 0.6 is 11.6 Å². The number of rotatable bonds is 4. The lowest BCUT2D eigenvalue weighted by molar-refractivity contribution is -0.384. The molecule has 2 aromatic rings. The van der Waals surface area contributed by atoms with Crippen molar-refractivity contribution < 1.29 is 18.2 Å². The minimum atomic E-state index is -3.86. The molecular weight excluding hydrogens is 332 g/mol. The number of hydroxylamine groups is 1. The Bertz CT molecular complexity index is 821. The van der Waals surface area contributed by atoms with Gasteiger partial charge in [-0.15, -0.1) is 0 Å². The lowest BCUT2D eigenvalue weighted by Crippen LogP contribution is -2.12. The maximum Gasteiger partial charge on any atom is 0.269 e. The minimum Gasteiger partial charge on any atom is -0.258 e. The van der Waals surface area contributed by atoms with Crippen LogP contribution in [0.5, 0.6) is 0 Å². The topological polar surface area (TPSA) is 92.8 Å². The van der Waals surface area contributed by atoms with Crippen molar-refractivity contribution in [1.29, 1.82) is 0 Å². The molecule has 22 heavy (non-hydrogen) atoms. The Kier molecular flexibility index (Phi) is 3.61. The molecule has 1 heterocycles. The van der Waals surface area contributed by atoms with Crippen LogP contribution < -0.4 is 0 Å². The van der Waals surface area contributed by atoms with Gasteiger partial charge in [0.15, 0.2) is 6.23 Å². The fraction of sp³-hybridized carbons (Fsp3) is 0.0769. The van der Waals surface area contributed by atoms with E-state index in [1.165, 1.54) is 12.1 Å². The van der Waals surface area contributed by atoms with Crippen molar-refractivity contribution in [3.8, 4) is 0 Å². The Morgan fingerprint density at radius 1 is 1.09 bits per heavy atom. The Hall–Kier alpha value is -2.00. The second-order valence-corrected chi connectivity index (χ2v) is 6.74. The number of halogens is 1. The van der Waals surface area contributed by atoms with Gasteiger partial charge in [0.05, 0.1) is 9.82 Å². The molecule has 2 aromatic carbocycles. The van der Waals surface area contributed by atoms with Gasteiger partial charge in [-0.05, 0) is 28.7 Å². The molecule has 1 fully saturated rings. The van der Waals surface area contributed by atoms with E-state index in [2.05, 4.69) is 0 Å². The summed E-state index contributed by atoms with van der Waals surface area (Å²) in [6.45, 7) is 0. The highest BCUT2D eigenvalue weighted by molar-refractivity contribution is 7.89. The minimum absolute atomic E-state index is 0.0745. The summed E-state index contributed by atoms with van der Waals surface area (Å²) < 4.78 is 25.5. The lowest BCUT2D eigenvalue weighted by atomic mass is 10.2. The van der Waals surface area contributed by atoms with Gasteiger partial charge in [-0.25, -0.2) is 8.42 Å². The van der Waals surface area contributed by atoms with E-state index in [-0.39, 0.29) is 10.6 Å².